The minimum atomic E-state index is -2.71. The summed E-state index contributed by atoms with van der Waals surface area (Å²) in [5.74, 6) is -2.60. The lowest BCUT2D eigenvalue weighted by Gasteiger charge is -2.18. The maximum absolute atomic E-state index is 13.6. The summed E-state index contributed by atoms with van der Waals surface area (Å²) in [7, 11) is 0. The second-order valence-electron chi connectivity index (χ2n) is 3.85. The van der Waals surface area contributed by atoms with E-state index in [0.717, 1.165) is 19.5 Å². The molecule has 0 saturated carbocycles. The number of H-pyrrole nitrogens is 1. The van der Waals surface area contributed by atoms with Gasteiger partial charge < -0.3 is 10.3 Å². The van der Waals surface area contributed by atoms with E-state index in [9.17, 15) is 8.78 Å². The number of nitrogens with one attached hydrogen (secondary N) is 2. The third kappa shape index (κ3) is 1.95. The molecule has 1 unspecified atom stereocenters. The molecule has 1 aliphatic rings. The molecular formula is C10H14F2N2. The molecule has 0 spiro atoms. The number of rotatable bonds is 3. The van der Waals surface area contributed by atoms with Crippen LogP contribution in [0.5, 0.6) is 0 Å². The van der Waals surface area contributed by atoms with Crippen LogP contribution in [0.4, 0.5) is 8.78 Å². The zero-order valence-electron chi connectivity index (χ0n) is 7.89. The molecule has 2 N–H and O–H groups in total. The number of halogens is 2. The van der Waals surface area contributed by atoms with Gasteiger partial charge in [0.2, 0.25) is 0 Å². The van der Waals surface area contributed by atoms with Gasteiger partial charge in [-0.25, -0.2) is 0 Å². The number of hydrogen-bond acceptors (Lipinski definition) is 1. The SMILES string of the molecule is FC(F)(CC1CCNC1)c1ccc[nH]1. The monoisotopic (exact) mass is 200 g/mol. The predicted molar refractivity (Wildman–Crippen MR) is 50.3 cm³/mol. The average Bonchev–Trinajstić information content (AvgIpc) is 2.71. The molecule has 1 aromatic rings. The molecule has 1 saturated heterocycles. The van der Waals surface area contributed by atoms with Crippen molar-refractivity contribution in [3.63, 3.8) is 0 Å². The predicted octanol–water partition coefficient (Wildman–Crippen LogP) is 2.11. The van der Waals surface area contributed by atoms with Gasteiger partial charge in [-0.2, -0.15) is 8.78 Å². The summed E-state index contributed by atoms with van der Waals surface area (Å²) in [4.78, 5) is 2.58. The van der Waals surface area contributed by atoms with Crippen molar-refractivity contribution >= 4 is 0 Å². The zero-order chi connectivity index (χ0) is 10.0. The van der Waals surface area contributed by atoms with E-state index in [2.05, 4.69) is 10.3 Å². The van der Waals surface area contributed by atoms with Crippen LogP contribution in [0, 0.1) is 5.92 Å². The maximum atomic E-state index is 13.6. The van der Waals surface area contributed by atoms with Crippen LogP contribution >= 0.6 is 0 Å². The summed E-state index contributed by atoms with van der Waals surface area (Å²) in [6.45, 7) is 1.59. The molecule has 1 atom stereocenters. The Hall–Kier alpha value is -0.900. The Bertz CT molecular complexity index is 276. The highest BCUT2D eigenvalue weighted by Crippen LogP contribution is 2.35. The number of aromatic amines is 1. The third-order valence-corrected chi connectivity index (χ3v) is 2.70. The minimum Gasteiger partial charge on any atom is -0.360 e. The second-order valence-corrected chi connectivity index (χ2v) is 3.85. The molecule has 2 rings (SSSR count). The van der Waals surface area contributed by atoms with E-state index in [1.165, 1.54) is 12.3 Å². The normalized spacial score (nSPS) is 22.9. The van der Waals surface area contributed by atoms with Crippen LogP contribution in [0.2, 0.25) is 0 Å². The van der Waals surface area contributed by atoms with Gasteiger partial charge in [0.15, 0.2) is 0 Å². The molecule has 4 heteroatoms. The molecule has 0 radical (unpaired) electrons. The Morgan fingerprint density at radius 3 is 2.93 bits per heavy atom. The molecule has 0 bridgehead atoms. The summed E-state index contributed by atoms with van der Waals surface area (Å²) < 4.78 is 27.2. The molecule has 14 heavy (non-hydrogen) atoms. The van der Waals surface area contributed by atoms with Crippen LogP contribution in [0.3, 0.4) is 0 Å². The van der Waals surface area contributed by atoms with Crippen molar-refractivity contribution in [3.8, 4) is 0 Å². The van der Waals surface area contributed by atoms with Crippen LogP contribution in [0.15, 0.2) is 18.3 Å². The summed E-state index contributed by atoms with van der Waals surface area (Å²) in [6, 6.07) is 3.05. The quantitative estimate of drug-likeness (QED) is 0.768. The Morgan fingerprint density at radius 2 is 2.36 bits per heavy atom. The standard InChI is InChI=1S/C10H14F2N2/c11-10(12,9-2-1-4-14-9)6-8-3-5-13-7-8/h1-2,4,8,13-14H,3,5-7H2. The summed E-state index contributed by atoms with van der Waals surface area (Å²) in [6.07, 6.45) is 2.34. The van der Waals surface area contributed by atoms with Crippen LogP contribution in [-0.2, 0) is 5.92 Å². The van der Waals surface area contributed by atoms with Crippen molar-refractivity contribution < 1.29 is 8.78 Å². The Labute approximate surface area is 81.7 Å². The van der Waals surface area contributed by atoms with Crippen molar-refractivity contribution in [3.05, 3.63) is 24.0 Å². The fourth-order valence-electron chi connectivity index (χ4n) is 1.92. The van der Waals surface area contributed by atoms with Crippen molar-refractivity contribution in [2.75, 3.05) is 13.1 Å². The summed E-state index contributed by atoms with van der Waals surface area (Å²) >= 11 is 0. The largest absolute Gasteiger partial charge is 0.360 e. The highest BCUT2D eigenvalue weighted by Gasteiger charge is 2.36. The van der Waals surface area contributed by atoms with E-state index >= 15 is 0 Å². The number of hydrogen-bond donors (Lipinski definition) is 2. The van der Waals surface area contributed by atoms with Crippen LogP contribution in [-0.4, -0.2) is 18.1 Å². The molecule has 2 nitrogen and oxygen atoms in total. The molecule has 1 aliphatic heterocycles. The minimum absolute atomic E-state index is 0.0319. The van der Waals surface area contributed by atoms with E-state index in [-0.39, 0.29) is 18.0 Å². The molecule has 78 valence electrons. The second kappa shape index (κ2) is 3.69. The van der Waals surface area contributed by atoms with Gasteiger partial charge >= 0.3 is 0 Å². The fourth-order valence-corrected chi connectivity index (χ4v) is 1.92. The van der Waals surface area contributed by atoms with Gasteiger partial charge in [-0.3, -0.25) is 0 Å². The van der Waals surface area contributed by atoms with E-state index in [0.29, 0.717) is 0 Å². The highest BCUT2D eigenvalue weighted by atomic mass is 19.3. The lowest BCUT2D eigenvalue weighted by Crippen LogP contribution is -2.20. The van der Waals surface area contributed by atoms with Crippen LogP contribution in [0.25, 0.3) is 0 Å². The first-order chi connectivity index (χ1) is 6.68. The summed E-state index contributed by atoms with van der Waals surface area (Å²) in [5.41, 5.74) is 0.0319. The Morgan fingerprint density at radius 1 is 1.50 bits per heavy atom. The summed E-state index contributed by atoms with van der Waals surface area (Å²) in [5, 5.41) is 3.10. The lowest BCUT2D eigenvalue weighted by molar-refractivity contribution is -0.0305. The van der Waals surface area contributed by atoms with Gasteiger partial charge in [-0.15, -0.1) is 0 Å². The molecule has 1 aromatic heterocycles. The van der Waals surface area contributed by atoms with Crippen molar-refractivity contribution in [2.24, 2.45) is 5.92 Å². The molecule has 1 fully saturated rings. The maximum Gasteiger partial charge on any atom is 0.287 e. The first kappa shape index (κ1) is 9.65. The van der Waals surface area contributed by atoms with Gasteiger partial charge in [-0.1, -0.05) is 0 Å². The van der Waals surface area contributed by atoms with Gasteiger partial charge in [0.05, 0.1) is 5.69 Å². The van der Waals surface area contributed by atoms with E-state index in [1.54, 1.807) is 6.07 Å². The molecular weight excluding hydrogens is 186 g/mol. The smallest absolute Gasteiger partial charge is 0.287 e. The van der Waals surface area contributed by atoms with Crippen LogP contribution in [0.1, 0.15) is 18.5 Å². The molecule has 0 amide bonds. The lowest BCUT2D eigenvalue weighted by atomic mass is 9.98. The van der Waals surface area contributed by atoms with Crippen LogP contribution < -0.4 is 5.32 Å². The number of aromatic nitrogens is 1. The van der Waals surface area contributed by atoms with E-state index < -0.39 is 5.92 Å². The molecule has 0 aliphatic carbocycles. The van der Waals surface area contributed by atoms with Gasteiger partial charge in [-0.05, 0) is 37.6 Å². The third-order valence-electron chi connectivity index (χ3n) is 2.70. The van der Waals surface area contributed by atoms with Crippen molar-refractivity contribution in [1.82, 2.24) is 10.3 Å². The Kier molecular flexibility index (Phi) is 2.54. The van der Waals surface area contributed by atoms with Gasteiger partial charge in [0.25, 0.3) is 5.92 Å². The zero-order valence-corrected chi connectivity index (χ0v) is 7.89. The average molecular weight is 200 g/mol. The van der Waals surface area contributed by atoms with Crippen molar-refractivity contribution in [1.29, 1.82) is 0 Å². The van der Waals surface area contributed by atoms with Gasteiger partial charge in [0, 0.05) is 12.6 Å². The van der Waals surface area contributed by atoms with Crippen molar-refractivity contribution in [2.45, 2.75) is 18.8 Å². The molecule has 2 heterocycles. The number of alkyl halides is 2. The van der Waals surface area contributed by atoms with E-state index in [4.69, 9.17) is 0 Å². The first-order valence-electron chi connectivity index (χ1n) is 4.91. The first-order valence-corrected chi connectivity index (χ1v) is 4.91. The molecule has 0 aromatic carbocycles. The topological polar surface area (TPSA) is 27.8 Å². The van der Waals surface area contributed by atoms with Gasteiger partial charge in [0.1, 0.15) is 0 Å². The van der Waals surface area contributed by atoms with E-state index in [1.807, 2.05) is 0 Å². The fraction of sp³-hybridized carbons (Fsp3) is 0.600. The highest BCUT2D eigenvalue weighted by molar-refractivity contribution is 5.10. The Balaban J connectivity index is 2.01.